The molecule has 1 aliphatic rings. The second-order valence-electron chi connectivity index (χ2n) is 3.92. The van der Waals surface area contributed by atoms with Crippen molar-refractivity contribution in [2.45, 2.75) is 27.2 Å². The highest BCUT2D eigenvalue weighted by molar-refractivity contribution is 5.73. The maximum atomic E-state index is 11.0. The van der Waals surface area contributed by atoms with Gasteiger partial charge in [-0.25, -0.2) is 0 Å². The van der Waals surface area contributed by atoms with E-state index in [1.165, 1.54) is 0 Å². The summed E-state index contributed by atoms with van der Waals surface area (Å²) in [5, 5.41) is 0. The molecule has 0 aromatic rings. The Morgan fingerprint density at radius 3 is 2.55 bits per heavy atom. The van der Waals surface area contributed by atoms with Gasteiger partial charge in [-0.3, -0.25) is 4.79 Å². The number of carbonyl (C=O) groups is 1. The maximum absolute atomic E-state index is 11.0. The first-order valence-corrected chi connectivity index (χ1v) is 4.11. The molecule has 63 valence electrons. The van der Waals surface area contributed by atoms with Crippen LogP contribution >= 0.6 is 0 Å². The summed E-state index contributed by atoms with van der Waals surface area (Å²) in [4.78, 5) is 12.9. The summed E-state index contributed by atoms with van der Waals surface area (Å²) in [5.74, 6) is 0.200. The van der Waals surface area contributed by atoms with Crippen LogP contribution in [0.25, 0.3) is 0 Å². The first-order valence-electron chi connectivity index (χ1n) is 4.11. The van der Waals surface area contributed by atoms with Gasteiger partial charge in [-0.15, -0.1) is 0 Å². The molecular weight excluding hydrogens is 138 g/mol. The minimum Gasteiger partial charge on any atom is -0.342 e. The second kappa shape index (κ2) is 2.84. The molecule has 0 aromatic carbocycles. The molecule has 0 unspecified atom stereocenters. The van der Waals surface area contributed by atoms with Gasteiger partial charge in [-0.2, -0.15) is 0 Å². The largest absolute Gasteiger partial charge is 0.342 e. The fourth-order valence-corrected chi connectivity index (χ4v) is 1.52. The van der Waals surface area contributed by atoms with Gasteiger partial charge in [-0.05, 0) is 18.3 Å². The van der Waals surface area contributed by atoms with E-state index < -0.39 is 0 Å². The smallest absolute Gasteiger partial charge is 0.219 e. The highest BCUT2D eigenvalue weighted by Crippen LogP contribution is 2.27. The molecule has 0 atom stereocenters. The minimum absolute atomic E-state index is 0.200. The van der Waals surface area contributed by atoms with E-state index >= 15 is 0 Å². The van der Waals surface area contributed by atoms with E-state index in [0.29, 0.717) is 0 Å². The Kier molecular flexibility index (Phi) is 2.21. The summed E-state index contributed by atoms with van der Waals surface area (Å²) in [6.45, 7) is 7.76. The van der Waals surface area contributed by atoms with Crippen LogP contribution in [0.4, 0.5) is 0 Å². The van der Waals surface area contributed by atoms with Crippen molar-refractivity contribution < 1.29 is 4.79 Å². The predicted octanol–water partition coefficient (Wildman–Crippen LogP) is 1.47. The third kappa shape index (κ3) is 2.21. The fourth-order valence-electron chi connectivity index (χ4n) is 1.52. The SMILES string of the molecule is CC(=O)N1CC[CH]C(C)(C)C1. The number of likely N-dealkylation sites (tertiary alicyclic amines) is 1. The molecule has 0 spiro atoms. The van der Waals surface area contributed by atoms with E-state index in [0.717, 1.165) is 19.5 Å². The number of hydrogen-bond donors (Lipinski definition) is 0. The van der Waals surface area contributed by atoms with Gasteiger partial charge in [0, 0.05) is 20.0 Å². The van der Waals surface area contributed by atoms with Crippen LogP contribution in [-0.2, 0) is 4.79 Å². The van der Waals surface area contributed by atoms with Gasteiger partial charge in [0.2, 0.25) is 5.91 Å². The summed E-state index contributed by atoms with van der Waals surface area (Å²) in [7, 11) is 0. The van der Waals surface area contributed by atoms with E-state index in [9.17, 15) is 4.79 Å². The van der Waals surface area contributed by atoms with Gasteiger partial charge < -0.3 is 4.90 Å². The highest BCUT2D eigenvalue weighted by atomic mass is 16.2. The molecular formula is C9H16NO. The van der Waals surface area contributed by atoms with Crippen molar-refractivity contribution >= 4 is 5.91 Å². The van der Waals surface area contributed by atoms with Crippen LogP contribution < -0.4 is 0 Å². The van der Waals surface area contributed by atoms with Gasteiger partial charge in [0.1, 0.15) is 0 Å². The molecule has 2 nitrogen and oxygen atoms in total. The zero-order valence-corrected chi connectivity index (χ0v) is 7.55. The quantitative estimate of drug-likeness (QED) is 0.517. The normalized spacial score (nSPS) is 23.4. The van der Waals surface area contributed by atoms with E-state index in [1.807, 2.05) is 4.90 Å². The van der Waals surface area contributed by atoms with Crippen LogP contribution in [0.15, 0.2) is 0 Å². The van der Waals surface area contributed by atoms with E-state index in [4.69, 9.17) is 0 Å². The van der Waals surface area contributed by atoms with Crippen LogP contribution in [0.5, 0.6) is 0 Å². The monoisotopic (exact) mass is 154 g/mol. The summed E-state index contributed by atoms with van der Waals surface area (Å²) in [5.41, 5.74) is 0.212. The highest BCUT2D eigenvalue weighted by Gasteiger charge is 2.27. The maximum Gasteiger partial charge on any atom is 0.219 e. The topological polar surface area (TPSA) is 20.3 Å². The number of nitrogens with zero attached hydrogens (tertiary/aromatic N) is 1. The van der Waals surface area contributed by atoms with Crippen molar-refractivity contribution in [3.8, 4) is 0 Å². The van der Waals surface area contributed by atoms with Crippen LogP contribution in [0.1, 0.15) is 27.2 Å². The third-order valence-corrected chi connectivity index (χ3v) is 2.14. The van der Waals surface area contributed by atoms with Crippen LogP contribution in [0.2, 0.25) is 0 Å². The summed E-state index contributed by atoms with van der Waals surface area (Å²) < 4.78 is 0. The molecule has 11 heavy (non-hydrogen) atoms. The third-order valence-electron chi connectivity index (χ3n) is 2.14. The van der Waals surface area contributed by atoms with Gasteiger partial charge in [0.05, 0.1) is 0 Å². The molecule has 1 saturated heterocycles. The molecule has 1 amide bonds. The van der Waals surface area contributed by atoms with Crippen molar-refractivity contribution in [1.82, 2.24) is 4.90 Å². The van der Waals surface area contributed by atoms with Gasteiger partial charge in [0.25, 0.3) is 0 Å². The zero-order chi connectivity index (χ0) is 8.48. The lowest BCUT2D eigenvalue weighted by Gasteiger charge is -2.37. The standard InChI is InChI=1S/C9H16NO/c1-8(11)10-6-4-5-9(2,3)7-10/h5H,4,6-7H2,1-3H3. The van der Waals surface area contributed by atoms with Crippen molar-refractivity contribution in [2.75, 3.05) is 13.1 Å². The minimum atomic E-state index is 0.200. The number of amides is 1. The molecule has 0 saturated carbocycles. The lowest BCUT2D eigenvalue weighted by atomic mass is 9.84. The number of piperidine rings is 1. The Balaban J connectivity index is 2.53. The van der Waals surface area contributed by atoms with Crippen molar-refractivity contribution in [2.24, 2.45) is 5.41 Å². The fraction of sp³-hybridized carbons (Fsp3) is 0.778. The van der Waals surface area contributed by atoms with Crippen molar-refractivity contribution in [3.63, 3.8) is 0 Å². The Bertz CT molecular complexity index is 163. The van der Waals surface area contributed by atoms with Crippen molar-refractivity contribution in [3.05, 3.63) is 6.42 Å². The van der Waals surface area contributed by atoms with Crippen molar-refractivity contribution in [1.29, 1.82) is 0 Å². The molecule has 1 fully saturated rings. The molecule has 1 aliphatic heterocycles. The molecule has 1 rings (SSSR count). The Morgan fingerprint density at radius 1 is 1.55 bits per heavy atom. The van der Waals surface area contributed by atoms with E-state index in [1.54, 1.807) is 6.92 Å². The molecule has 0 N–H and O–H groups in total. The first-order chi connectivity index (χ1) is 5.01. The van der Waals surface area contributed by atoms with E-state index in [2.05, 4.69) is 20.3 Å². The van der Waals surface area contributed by atoms with Gasteiger partial charge >= 0.3 is 0 Å². The van der Waals surface area contributed by atoms with E-state index in [-0.39, 0.29) is 11.3 Å². The molecule has 2 heteroatoms. The lowest BCUT2D eigenvalue weighted by Crippen LogP contribution is -2.42. The molecule has 1 heterocycles. The Labute approximate surface area is 68.6 Å². The number of rotatable bonds is 0. The molecule has 0 bridgehead atoms. The Hall–Kier alpha value is -0.530. The average molecular weight is 154 g/mol. The number of hydrogen-bond acceptors (Lipinski definition) is 1. The van der Waals surface area contributed by atoms with Crippen LogP contribution in [0, 0.1) is 11.8 Å². The summed E-state index contributed by atoms with van der Waals surface area (Å²) in [6.07, 6.45) is 3.33. The summed E-state index contributed by atoms with van der Waals surface area (Å²) >= 11 is 0. The molecule has 0 aliphatic carbocycles. The predicted molar refractivity (Wildman–Crippen MR) is 45.0 cm³/mol. The van der Waals surface area contributed by atoms with Gasteiger partial charge in [0.15, 0.2) is 0 Å². The summed E-state index contributed by atoms with van der Waals surface area (Å²) in [6, 6.07) is 0. The lowest BCUT2D eigenvalue weighted by molar-refractivity contribution is -0.130. The Morgan fingerprint density at radius 2 is 2.18 bits per heavy atom. The van der Waals surface area contributed by atoms with Crippen LogP contribution in [-0.4, -0.2) is 23.9 Å². The van der Waals surface area contributed by atoms with Crippen LogP contribution in [0.3, 0.4) is 0 Å². The first kappa shape index (κ1) is 8.57. The zero-order valence-electron chi connectivity index (χ0n) is 7.55. The molecule has 0 aromatic heterocycles. The number of carbonyl (C=O) groups excluding carboxylic acids is 1. The average Bonchev–Trinajstić information content (AvgIpc) is 1.85. The molecule has 1 radical (unpaired) electrons. The second-order valence-corrected chi connectivity index (χ2v) is 3.92. The van der Waals surface area contributed by atoms with Gasteiger partial charge in [-0.1, -0.05) is 13.8 Å².